The maximum Gasteiger partial charge on any atom is 0.141 e. The SMILES string of the molecule is C(=N/n1cnnc1)/c1ccccn1. The van der Waals surface area contributed by atoms with Crippen LogP contribution in [-0.2, 0) is 0 Å². The van der Waals surface area contributed by atoms with Crippen molar-refractivity contribution in [2.45, 2.75) is 0 Å². The van der Waals surface area contributed by atoms with Gasteiger partial charge in [-0.25, -0.2) is 4.68 Å². The van der Waals surface area contributed by atoms with Crippen molar-refractivity contribution < 1.29 is 0 Å². The highest BCUT2D eigenvalue weighted by Crippen LogP contribution is 1.89. The Balaban J connectivity index is 2.15. The van der Waals surface area contributed by atoms with Gasteiger partial charge in [0.15, 0.2) is 0 Å². The maximum atomic E-state index is 4.07. The minimum absolute atomic E-state index is 0.802. The molecule has 0 N–H and O–H groups in total. The number of hydrogen-bond donors (Lipinski definition) is 0. The highest BCUT2D eigenvalue weighted by atomic mass is 15.4. The number of rotatable bonds is 2. The molecule has 2 heterocycles. The topological polar surface area (TPSA) is 56.0 Å². The first-order valence-electron chi connectivity index (χ1n) is 3.75. The van der Waals surface area contributed by atoms with E-state index in [9.17, 15) is 0 Å². The Morgan fingerprint density at radius 1 is 1.23 bits per heavy atom. The van der Waals surface area contributed by atoms with Crippen LogP contribution in [0.1, 0.15) is 5.69 Å². The molecule has 0 saturated carbocycles. The van der Waals surface area contributed by atoms with Crippen molar-refractivity contribution in [3.05, 3.63) is 42.7 Å². The highest BCUT2D eigenvalue weighted by molar-refractivity contribution is 5.76. The first-order valence-corrected chi connectivity index (χ1v) is 3.75. The Morgan fingerprint density at radius 3 is 2.77 bits per heavy atom. The molecule has 0 atom stereocenters. The van der Waals surface area contributed by atoms with Gasteiger partial charge >= 0.3 is 0 Å². The van der Waals surface area contributed by atoms with Crippen LogP contribution in [0.4, 0.5) is 0 Å². The molecule has 2 aromatic heterocycles. The second-order valence-electron chi connectivity index (χ2n) is 2.34. The standard InChI is InChI=1S/C8H7N5/c1-2-4-9-8(3-1)5-12-13-6-10-11-7-13/h1-7H/b12-5-. The quantitative estimate of drug-likeness (QED) is 0.623. The summed E-state index contributed by atoms with van der Waals surface area (Å²) in [7, 11) is 0. The van der Waals surface area contributed by atoms with Gasteiger partial charge in [-0.05, 0) is 12.1 Å². The summed E-state index contributed by atoms with van der Waals surface area (Å²) in [6.07, 6.45) is 6.38. The van der Waals surface area contributed by atoms with Crippen LogP contribution in [-0.4, -0.2) is 26.1 Å². The Bertz CT molecular complexity index is 378. The third-order valence-electron chi connectivity index (χ3n) is 1.42. The summed E-state index contributed by atoms with van der Waals surface area (Å²) in [5.74, 6) is 0. The molecule has 5 nitrogen and oxygen atoms in total. The molecule has 0 spiro atoms. The molecule has 0 fully saturated rings. The average Bonchev–Trinajstić information content (AvgIpc) is 2.69. The van der Waals surface area contributed by atoms with E-state index >= 15 is 0 Å². The van der Waals surface area contributed by atoms with Crippen molar-refractivity contribution in [3.8, 4) is 0 Å². The van der Waals surface area contributed by atoms with E-state index in [1.807, 2.05) is 18.2 Å². The lowest BCUT2D eigenvalue weighted by Crippen LogP contribution is -1.89. The molecule has 0 aliphatic rings. The second-order valence-corrected chi connectivity index (χ2v) is 2.34. The molecule has 0 aliphatic heterocycles. The molecule has 64 valence electrons. The van der Waals surface area contributed by atoms with Crippen molar-refractivity contribution in [2.24, 2.45) is 5.10 Å². The van der Waals surface area contributed by atoms with E-state index in [2.05, 4.69) is 20.3 Å². The molecule has 0 radical (unpaired) electrons. The van der Waals surface area contributed by atoms with E-state index in [1.165, 1.54) is 17.3 Å². The van der Waals surface area contributed by atoms with E-state index in [4.69, 9.17) is 0 Å². The molecule has 0 aromatic carbocycles. The van der Waals surface area contributed by atoms with E-state index in [1.54, 1.807) is 12.4 Å². The van der Waals surface area contributed by atoms with E-state index in [0.29, 0.717) is 0 Å². The summed E-state index contributed by atoms with van der Waals surface area (Å²) >= 11 is 0. The highest BCUT2D eigenvalue weighted by Gasteiger charge is 1.86. The third kappa shape index (κ3) is 1.96. The average molecular weight is 173 g/mol. The molecule has 5 heteroatoms. The summed E-state index contributed by atoms with van der Waals surface area (Å²) in [6, 6.07) is 5.63. The van der Waals surface area contributed by atoms with Crippen molar-refractivity contribution in [1.29, 1.82) is 0 Å². The number of hydrogen-bond acceptors (Lipinski definition) is 4. The molecular weight excluding hydrogens is 166 g/mol. The zero-order valence-electron chi connectivity index (χ0n) is 6.78. The first-order chi connectivity index (χ1) is 6.45. The monoisotopic (exact) mass is 173 g/mol. The van der Waals surface area contributed by atoms with Gasteiger partial charge in [0.05, 0.1) is 11.9 Å². The summed E-state index contributed by atoms with van der Waals surface area (Å²) < 4.78 is 1.51. The Hall–Kier alpha value is -2.04. The number of nitrogens with zero attached hydrogens (tertiary/aromatic N) is 5. The fourth-order valence-electron chi connectivity index (χ4n) is 0.833. The van der Waals surface area contributed by atoms with Gasteiger partial charge in [0.1, 0.15) is 12.7 Å². The Morgan fingerprint density at radius 2 is 2.08 bits per heavy atom. The molecule has 0 bridgehead atoms. The second kappa shape index (κ2) is 3.57. The minimum Gasteiger partial charge on any atom is -0.255 e. The van der Waals surface area contributed by atoms with Gasteiger partial charge in [0.2, 0.25) is 0 Å². The summed E-state index contributed by atoms with van der Waals surface area (Å²) in [5, 5.41) is 11.3. The fourth-order valence-corrected chi connectivity index (χ4v) is 0.833. The number of pyridine rings is 1. The van der Waals surface area contributed by atoms with Crippen LogP contribution >= 0.6 is 0 Å². The van der Waals surface area contributed by atoms with Crippen molar-refractivity contribution >= 4 is 6.21 Å². The molecular formula is C8H7N5. The fraction of sp³-hybridized carbons (Fsp3) is 0. The van der Waals surface area contributed by atoms with Crippen LogP contribution in [0.5, 0.6) is 0 Å². The molecule has 0 unspecified atom stereocenters. The molecule has 2 aromatic rings. The largest absolute Gasteiger partial charge is 0.255 e. The lowest BCUT2D eigenvalue weighted by Gasteiger charge is -1.89. The van der Waals surface area contributed by atoms with Gasteiger partial charge in [0, 0.05) is 6.20 Å². The van der Waals surface area contributed by atoms with Crippen LogP contribution in [0.15, 0.2) is 42.2 Å². The van der Waals surface area contributed by atoms with E-state index < -0.39 is 0 Å². The molecule has 0 aliphatic carbocycles. The van der Waals surface area contributed by atoms with Gasteiger partial charge in [0.25, 0.3) is 0 Å². The Kier molecular flexibility index (Phi) is 2.09. The van der Waals surface area contributed by atoms with Gasteiger partial charge in [-0.2, -0.15) is 5.10 Å². The first kappa shape index (κ1) is 7.60. The van der Waals surface area contributed by atoms with Crippen LogP contribution in [0.3, 0.4) is 0 Å². The van der Waals surface area contributed by atoms with Crippen molar-refractivity contribution in [2.75, 3.05) is 0 Å². The Labute approximate surface area is 74.8 Å². The summed E-state index contributed by atoms with van der Waals surface area (Å²) in [5.41, 5.74) is 0.802. The van der Waals surface area contributed by atoms with Crippen LogP contribution in [0, 0.1) is 0 Å². The zero-order valence-corrected chi connectivity index (χ0v) is 6.78. The lowest BCUT2D eigenvalue weighted by molar-refractivity contribution is 0.877. The van der Waals surface area contributed by atoms with Crippen molar-refractivity contribution in [3.63, 3.8) is 0 Å². The normalized spacial score (nSPS) is 10.8. The van der Waals surface area contributed by atoms with Crippen molar-refractivity contribution in [1.82, 2.24) is 19.9 Å². The van der Waals surface area contributed by atoms with Crippen LogP contribution in [0.2, 0.25) is 0 Å². The third-order valence-corrected chi connectivity index (χ3v) is 1.42. The maximum absolute atomic E-state index is 4.07. The van der Waals surface area contributed by atoms with Gasteiger partial charge in [-0.3, -0.25) is 4.98 Å². The van der Waals surface area contributed by atoms with Crippen LogP contribution in [0.25, 0.3) is 0 Å². The predicted octanol–water partition coefficient (Wildman–Crippen LogP) is 0.555. The molecule has 13 heavy (non-hydrogen) atoms. The molecule has 0 saturated heterocycles. The zero-order chi connectivity index (χ0) is 8.93. The smallest absolute Gasteiger partial charge is 0.141 e. The number of aromatic nitrogens is 4. The van der Waals surface area contributed by atoms with E-state index in [-0.39, 0.29) is 0 Å². The molecule has 0 amide bonds. The lowest BCUT2D eigenvalue weighted by atomic mass is 10.4. The summed E-state index contributed by atoms with van der Waals surface area (Å²) in [6.45, 7) is 0. The van der Waals surface area contributed by atoms with Gasteiger partial charge in [-0.15, -0.1) is 10.2 Å². The molecule has 2 rings (SSSR count). The predicted molar refractivity (Wildman–Crippen MR) is 47.3 cm³/mol. The van der Waals surface area contributed by atoms with Gasteiger partial charge in [-0.1, -0.05) is 6.07 Å². The minimum atomic E-state index is 0.802. The summed E-state index contributed by atoms with van der Waals surface area (Å²) in [4.78, 5) is 4.07. The van der Waals surface area contributed by atoms with Gasteiger partial charge < -0.3 is 0 Å². The van der Waals surface area contributed by atoms with Crippen LogP contribution < -0.4 is 0 Å². The van der Waals surface area contributed by atoms with E-state index in [0.717, 1.165) is 5.69 Å².